The number of rotatable bonds is 18. The fraction of sp³-hybridized carbons (Fsp3) is 0.324. The quantitative estimate of drug-likeness (QED) is 0.0385. The first kappa shape index (κ1) is 37.9. The molecule has 0 aliphatic rings. The van der Waals surface area contributed by atoms with E-state index in [9.17, 15) is 24.0 Å². The van der Waals surface area contributed by atoms with Crippen LogP contribution >= 0.6 is 11.6 Å². The lowest BCUT2D eigenvalue weighted by Crippen LogP contribution is -2.59. The van der Waals surface area contributed by atoms with E-state index in [1.54, 1.807) is 30.5 Å². The van der Waals surface area contributed by atoms with Crippen molar-refractivity contribution in [1.29, 1.82) is 0 Å². The summed E-state index contributed by atoms with van der Waals surface area (Å²) < 4.78 is 0. The second kappa shape index (κ2) is 18.2. The average molecular weight is 720 g/mol. The predicted octanol–water partition coefficient (Wildman–Crippen LogP) is 0.0703. The lowest BCUT2D eigenvalue weighted by Gasteiger charge is -2.26. The number of imidazole rings is 1. The zero-order valence-electron chi connectivity index (χ0n) is 27.9. The maximum Gasteiger partial charge on any atom is 0.243 e. The summed E-state index contributed by atoms with van der Waals surface area (Å²) in [7, 11) is 0. The molecule has 4 atom stereocenters. The molecule has 0 aliphatic heterocycles. The van der Waals surface area contributed by atoms with Crippen molar-refractivity contribution in [2.24, 2.45) is 22.2 Å². The second-order valence-corrected chi connectivity index (χ2v) is 12.4. The number of fused-ring (bicyclic) bond motifs is 1. The van der Waals surface area contributed by atoms with Crippen molar-refractivity contribution in [3.63, 3.8) is 0 Å². The number of primary amides is 1. The predicted molar refractivity (Wildman–Crippen MR) is 192 cm³/mol. The summed E-state index contributed by atoms with van der Waals surface area (Å²) in [6.45, 7) is 1.43. The van der Waals surface area contributed by atoms with Crippen LogP contribution in [0.3, 0.4) is 0 Å². The van der Waals surface area contributed by atoms with Gasteiger partial charge in [-0.3, -0.25) is 29.0 Å². The Morgan fingerprint density at radius 1 is 0.804 bits per heavy atom. The van der Waals surface area contributed by atoms with Gasteiger partial charge in [-0.25, -0.2) is 4.98 Å². The van der Waals surface area contributed by atoms with Crippen LogP contribution in [0.1, 0.15) is 36.6 Å². The Labute approximate surface area is 298 Å². The van der Waals surface area contributed by atoms with Crippen LogP contribution in [0.5, 0.6) is 0 Å². The van der Waals surface area contributed by atoms with Crippen LogP contribution < -0.4 is 38.5 Å². The molecule has 4 aromatic rings. The van der Waals surface area contributed by atoms with E-state index in [1.165, 1.54) is 19.4 Å². The number of hydrogen-bond donors (Lipinski definition) is 9. The molecule has 17 heteroatoms. The Bertz CT molecular complexity index is 1840. The van der Waals surface area contributed by atoms with E-state index in [0.717, 1.165) is 16.5 Å². The molecule has 0 saturated heterocycles. The molecule has 0 bridgehead atoms. The zero-order valence-corrected chi connectivity index (χ0v) is 28.7. The Morgan fingerprint density at radius 3 is 2.10 bits per heavy atom. The topological polar surface area (TPSA) is 268 Å². The van der Waals surface area contributed by atoms with E-state index in [0.29, 0.717) is 16.3 Å². The van der Waals surface area contributed by atoms with Crippen LogP contribution in [-0.4, -0.2) is 81.2 Å². The number of nitrogens with one attached hydrogen (secondary N) is 6. The standard InChI is InChI=1S/C34H42ClN11O5/c1-19(47)43-29(15-23-17-39-18-42-23)33(51)46-28(13-20-8-10-22(35)11-9-20)32(50)44-26(7-4-12-40-34(37)38)31(49)45-27(30(36)48)14-21-16-41-25-6-3-2-5-24(21)25/h2-3,5-6,8-11,16-18,26-29,41H,4,7,12-15H2,1H3,(H2,36,48)(H,39,42)(H,43,47)(H,44,50)(H,45,49)(H,46,51)(H4,37,38,40)/t26-,27-,28+,29-/m0/s1. The molecule has 270 valence electrons. The minimum Gasteiger partial charge on any atom is -0.370 e. The summed E-state index contributed by atoms with van der Waals surface area (Å²) in [5.41, 5.74) is 19.5. The number of aromatic nitrogens is 3. The minimum absolute atomic E-state index is 0.0123. The number of hydrogen-bond acceptors (Lipinski definition) is 7. The molecule has 2 aromatic heterocycles. The highest BCUT2D eigenvalue weighted by Gasteiger charge is 2.31. The normalized spacial score (nSPS) is 13.3. The number of carbonyl (C=O) groups is 5. The van der Waals surface area contributed by atoms with Gasteiger partial charge in [0, 0.05) is 66.7 Å². The maximum atomic E-state index is 14.0. The van der Waals surface area contributed by atoms with Crippen LogP contribution in [-0.2, 0) is 43.2 Å². The van der Waals surface area contributed by atoms with Crippen molar-refractivity contribution in [2.75, 3.05) is 6.54 Å². The molecule has 0 spiro atoms. The van der Waals surface area contributed by atoms with Crippen LogP contribution in [0.2, 0.25) is 5.02 Å². The van der Waals surface area contributed by atoms with Crippen molar-refractivity contribution >= 4 is 58.0 Å². The van der Waals surface area contributed by atoms with E-state index in [1.807, 2.05) is 24.3 Å². The second-order valence-electron chi connectivity index (χ2n) is 12.0. The Kier molecular flexibility index (Phi) is 13.5. The SMILES string of the molecule is CC(=O)N[C@@H](Cc1cnc[nH]1)C(=O)N[C@H](Cc1ccc(Cl)cc1)C(=O)N[C@@H](CCCN=C(N)N)C(=O)N[C@@H](Cc1c[nH]c2ccccc12)C(N)=O. The molecule has 16 nitrogen and oxygen atoms in total. The van der Waals surface area contributed by atoms with E-state index in [2.05, 4.69) is 41.2 Å². The molecule has 0 unspecified atom stereocenters. The highest BCUT2D eigenvalue weighted by molar-refractivity contribution is 6.30. The van der Waals surface area contributed by atoms with E-state index >= 15 is 0 Å². The fourth-order valence-electron chi connectivity index (χ4n) is 5.47. The van der Waals surface area contributed by atoms with Crippen LogP contribution in [0, 0.1) is 0 Å². The number of nitrogens with two attached hydrogens (primary N) is 3. The van der Waals surface area contributed by atoms with Gasteiger partial charge < -0.3 is 48.4 Å². The number of H-pyrrole nitrogens is 2. The molecule has 12 N–H and O–H groups in total. The Hall–Kier alpha value is -5.90. The van der Waals surface area contributed by atoms with Crippen molar-refractivity contribution in [1.82, 2.24) is 36.2 Å². The van der Waals surface area contributed by atoms with Crippen LogP contribution in [0.25, 0.3) is 10.9 Å². The summed E-state index contributed by atoms with van der Waals surface area (Å²) in [5, 5.41) is 12.1. The van der Waals surface area contributed by atoms with Gasteiger partial charge in [-0.15, -0.1) is 0 Å². The summed E-state index contributed by atoms with van der Waals surface area (Å²) >= 11 is 6.07. The first-order chi connectivity index (χ1) is 24.4. The molecule has 0 saturated carbocycles. The molecule has 0 radical (unpaired) electrons. The zero-order chi connectivity index (χ0) is 36.9. The summed E-state index contributed by atoms with van der Waals surface area (Å²) in [6.07, 6.45) is 5.23. The number of nitrogens with zero attached hydrogens (tertiary/aromatic N) is 2. The number of guanidine groups is 1. The van der Waals surface area contributed by atoms with Gasteiger partial charge in [0.2, 0.25) is 29.5 Å². The fourth-order valence-corrected chi connectivity index (χ4v) is 5.59. The number of aromatic amines is 2. The highest BCUT2D eigenvalue weighted by atomic mass is 35.5. The smallest absolute Gasteiger partial charge is 0.243 e. The number of para-hydroxylation sites is 1. The Morgan fingerprint density at radius 2 is 1.45 bits per heavy atom. The van der Waals surface area contributed by atoms with Gasteiger partial charge in [-0.1, -0.05) is 41.9 Å². The molecule has 51 heavy (non-hydrogen) atoms. The van der Waals surface area contributed by atoms with Gasteiger partial charge >= 0.3 is 0 Å². The van der Waals surface area contributed by atoms with Crippen LogP contribution in [0.15, 0.2) is 72.2 Å². The summed E-state index contributed by atoms with van der Waals surface area (Å²) in [6, 6.07) is 9.62. The number of amides is 5. The average Bonchev–Trinajstić information content (AvgIpc) is 3.75. The summed E-state index contributed by atoms with van der Waals surface area (Å²) in [4.78, 5) is 79.9. The number of halogens is 1. The van der Waals surface area contributed by atoms with Crippen molar-refractivity contribution in [3.05, 3.63) is 89.1 Å². The molecule has 4 rings (SSSR count). The number of aliphatic imine (C=N–C) groups is 1. The summed E-state index contributed by atoms with van der Waals surface area (Å²) in [5.74, 6) is -3.38. The first-order valence-electron chi connectivity index (χ1n) is 16.2. The molecule has 2 aromatic carbocycles. The molecular formula is C34H42ClN11O5. The molecule has 0 aliphatic carbocycles. The third-order valence-electron chi connectivity index (χ3n) is 8.00. The van der Waals surface area contributed by atoms with Gasteiger partial charge in [-0.2, -0.15) is 0 Å². The van der Waals surface area contributed by atoms with E-state index in [-0.39, 0.29) is 44.6 Å². The maximum absolute atomic E-state index is 14.0. The van der Waals surface area contributed by atoms with Crippen molar-refractivity contribution < 1.29 is 24.0 Å². The van der Waals surface area contributed by atoms with Gasteiger partial charge in [0.05, 0.1) is 6.33 Å². The molecule has 0 fully saturated rings. The van der Waals surface area contributed by atoms with Crippen molar-refractivity contribution in [2.45, 2.75) is 63.2 Å². The largest absolute Gasteiger partial charge is 0.370 e. The monoisotopic (exact) mass is 719 g/mol. The van der Waals surface area contributed by atoms with Crippen LogP contribution in [0.4, 0.5) is 0 Å². The van der Waals surface area contributed by atoms with Gasteiger partial charge in [-0.05, 0) is 42.2 Å². The van der Waals surface area contributed by atoms with Gasteiger partial charge in [0.1, 0.15) is 24.2 Å². The van der Waals surface area contributed by atoms with Gasteiger partial charge in [0.15, 0.2) is 5.96 Å². The highest BCUT2D eigenvalue weighted by Crippen LogP contribution is 2.19. The number of benzene rings is 2. The first-order valence-corrected chi connectivity index (χ1v) is 16.6. The van der Waals surface area contributed by atoms with Crippen molar-refractivity contribution in [3.8, 4) is 0 Å². The molecule has 5 amide bonds. The third kappa shape index (κ3) is 11.6. The minimum atomic E-state index is -1.21. The third-order valence-corrected chi connectivity index (χ3v) is 8.25. The van der Waals surface area contributed by atoms with Gasteiger partial charge in [0.25, 0.3) is 0 Å². The van der Waals surface area contributed by atoms with E-state index in [4.69, 9.17) is 28.8 Å². The molecule has 2 heterocycles. The number of carbonyl (C=O) groups excluding carboxylic acids is 5. The molecular weight excluding hydrogens is 678 g/mol. The lowest BCUT2D eigenvalue weighted by atomic mass is 10.0. The lowest BCUT2D eigenvalue weighted by molar-refractivity contribution is -0.134. The van der Waals surface area contributed by atoms with E-state index < -0.39 is 53.7 Å². The Balaban J connectivity index is 1.57.